The second-order valence-corrected chi connectivity index (χ2v) is 6.22. The molecular formula is C14H27ClN2O. The second-order valence-electron chi connectivity index (χ2n) is 6.22. The maximum absolute atomic E-state index is 12.3. The van der Waals surface area contributed by atoms with E-state index in [1.165, 1.54) is 25.7 Å². The molecule has 0 aromatic rings. The standard InChI is InChI=1S/C14H26N2O.ClH/c1-10(2)9-16(3)14(17)13-8-11-6-4-5-7-12(11)15-13;/h10-13,15H,4-9H2,1-3H3;1H. The molecule has 4 heteroatoms. The lowest BCUT2D eigenvalue weighted by Gasteiger charge is -2.24. The fourth-order valence-electron chi connectivity index (χ4n) is 3.41. The summed E-state index contributed by atoms with van der Waals surface area (Å²) in [7, 11) is 1.94. The van der Waals surface area contributed by atoms with E-state index >= 15 is 0 Å². The normalized spacial score (nSPS) is 30.8. The molecule has 1 saturated heterocycles. The molecule has 18 heavy (non-hydrogen) atoms. The summed E-state index contributed by atoms with van der Waals surface area (Å²) in [5.41, 5.74) is 0. The third-order valence-electron chi connectivity index (χ3n) is 4.18. The van der Waals surface area contributed by atoms with E-state index in [4.69, 9.17) is 0 Å². The predicted octanol–water partition coefficient (Wildman–Crippen LogP) is 2.44. The van der Waals surface area contributed by atoms with Gasteiger partial charge in [0.15, 0.2) is 0 Å². The highest BCUT2D eigenvalue weighted by Crippen LogP contribution is 2.33. The number of fused-ring (bicyclic) bond motifs is 1. The SMILES string of the molecule is CC(C)CN(C)C(=O)C1CC2CCCCC2N1.Cl. The molecule has 106 valence electrons. The first-order valence-electron chi connectivity index (χ1n) is 7.09. The average Bonchev–Trinajstić information content (AvgIpc) is 2.70. The van der Waals surface area contributed by atoms with Gasteiger partial charge in [0, 0.05) is 19.6 Å². The molecular weight excluding hydrogens is 248 g/mol. The lowest BCUT2D eigenvalue weighted by Crippen LogP contribution is -2.44. The van der Waals surface area contributed by atoms with Crippen LogP contribution in [0.3, 0.4) is 0 Å². The summed E-state index contributed by atoms with van der Waals surface area (Å²) in [6, 6.07) is 0.706. The van der Waals surface area contributed by atoms with Gasteiger partial charge in [-0.1, -0.05) is 26.7 Å². The number of hydrogen-bond donors (Lipinski definition) is 1. The highest BCUT2D eigenvalue weighted by atomic mass is 35.5. The Balaban J connectivity index is 0.00000162. The number of hydrogen-bond acceptors (Lipinski definition) is 2. The first-order valence-corrected chi connectivity index (χ1v) is 7.09. The van der Waals surface area contributed by atoms with Crippen LogP contribution in [0, 0.1) is 11.8 Å². The molecule has 0 spiro atoms. The third kappa shape index (κ3) is 3.61. The molecule has 1 aliphatic heterocycles. The first kappa shape index (κ1) is 15.8. The van der Waals surface area contributed by atoms with E-state index in [0.29, 0.717) is 17.9 Å². The number of rotatable bonds is 3. The van der Waals surface area contributed by atoms with Crippen LogP contribution < -0.4 is 5.32 Å². The third-order valence-corrected chi connectivity index (χ3v) is 4.18. The molecule has 1 amide bonds. The van der Waals surface area contributed by atoms with Crippen molar-refractivity contribution >= 4 is 18.3 Å². The molecule has 1 heterocycles. The van der Waals surface area contributed by atoms with Crippen LogP contribution in [-0.2, 0) is 4.79 Å². The monoisotopic (exact) mass is 274 g/mol. The van der Waals surface area contributed by atoms with Crippen molar-refractivity contribution in [2.45, 2.75) is 58.0 Å². The molecule has 0 aromatic carbocycles. The summed E-state index contributed by atoms with van der Waals surface area (Å²) in [5.74, 6) is 1.60. The van der Waals surface area contributed by atoms with Gasteiger partial charge in [-0.05, 0) is 31.1 Å². The maximum atomic E-state index is 12.3. The van der Waals surface area contributed by atoms with Gasteiger partial charge in [0.1, 0.15) is 0 Å². The van der Waals surface area contributed by atoms with Crippen molar-refractivity contribution in [1.29, 1.82) is 0 Å². The van der Waals surface area contributed by atoms with E-state index < -0.39 is 0 Å². The topological polar surface area (TPSA) is 32.3 Å². The molecule has 1 N–H and O–H groups in total. The Morgan fingerprint density at radius 1 is 1.33 bits per heavy atom. The van der Waals surface area contributed by atoms with Crippen LogP contribution in [0.4, 0.5) is 0 Å². The number of likely N-dealkylation sites (N-methyl/N-ethyl adjacent to an activating group) is 1. The predicted molar refractivity (Wildman–Crippen MR) is 77.0 cm³/mol. The molecule has 0 aromatic heterocycles. The molecule has 2 aliphatic rings. The summed E-state index contributed by atoms with van der Waals surface area (Å²) in [5, 5.41) is 3.56. The van der Waals surface area contributed by atoms with Gasteiger partial charge in [0.05, 0.1) is 6.04 Å². The Bertz CT molecular complexity index is 269. The molecule has 3 atom stereocenters. The van der Waals surface area contributed by atoms with E-state index in [-0.39, 0.29) is 18.4 Å². The number of halogens is 1. The summed E-state index contributed by atoms with van der Waals surface area (Å²) < 4.78 is 0. The zero-order chi connectivity index (χ0) is 12.4. The van der Waals surface area contributed by atoms with Crippen LogP contribution in [0.1, 0.15) is 46.0 Å². The van der Waals surface area contributed by atoms with Crippen molar-refractivity contribution in [2.75, 3.05) is 13.6 Å². The number of carbonyl (C=O) groups excluding carboxylic acids is 1. The van der Waals surface area contributed by atoms with E-state index in [1.807, 2.05) is 11.9 Å². The molecule has 2 rings (SSSR count). The first-order chi connectivity index (χ1) is 8.08. The highest BCUT2D eigenvalue weighted by Gasteiger charge is 2.39. The molecule has 3 nitrogen and oxygen atoms in total. The van der Waals surface area contributed by atoms with Gasteiger partial charge in [-0.2, -0.15) is 0 Å². The molecule has 1 saturated carbocycles. The van der Waals surface area contributed by atoms with Gasteiger partial charge in [0.25, 0.3) is 0 Å². The summed E-state index contributed by atoms with van der Waals surface area (Å²) in [6.07, 6.45) is 6.33. The van der Waals surface area contributed by atoms with Crippen LogP contribution in [-0.4, -0.2) is 36.5 Å². The smallest absolute Gasteiger partial charge is 0.239 e. The number of carbonyl (C=O) groups is 1. The summed E-state index contributed by atoms with van der Waals surface area (Å²) >= 11 is 0. The van der Waals surface area contributed by atoms with Crippen molar-refractivity contribution < 1.29 is 4.79 Å². The van der Waals surface area contributed by atoms with Crippen molar-refractivity contribution in [3.63, 3.8) is 0 Å². The Morgan fingerprint density at radius 3 is 2.61 bits per heavy atom. The van der Waals surface area contributed by atoms with Crippen LogP contribution >= 0.6 is 12.4 Å². The maximum Gasteiger partial charge on any atom is 0.239 e. The molecule has 2 fully saturated rings. The fraction of sp³-hybridized carbons (Fsp3) is 0.929. The average molecular weight is 275 g/mol. The van der Waals surface area contributed by atoms with E-state index in [9.17, 15) is 4.79 Å². The van der Waals surface area contributed by atoms with E-state index in [1.54, 1.807) is 0 Å². The molecule has 1 aliphatic carbocycles. The van der Waals surface area contributed by atoms with Crippen LogP contribution in [0.25, 0.3) is 0 Å². The van der Waals surface area contributed by atoms with Gasteiger partial charge in [-0.3, -0.25) is 4.79 Å². The van der Waals surface area contributed by atoms with Crippen molar-refractivity contribution in [3.05, 3.63) is 0 Å². The van der Waals surface area contributed by atoms with Gasteiger partial charge in [0.2, 0.25) is 5.91 Å². The Kier molecular flexibility index (Phi) is 5.93. The van der Waals surface area contributed by atoms with Gasteiger partial charge in [-0.25, -0.2) is 0 Å². The van der Waals surface area contributed by atoms with E-state index in [0.717, 1.165) is 18.9 Å². The number of amides is 1. The van der Waals surface area contributed by atoms with Crippen LogP contribution in [0.5, 0.6) is 0 Å². The largest absolute Gasteiger partial charge is 0.344 e. The van der Waals surface area contributed by atoms with Crippen LogP contribution in [0.2, 0.25) is 0 Å². The minimum Gasteiger partial charge on any atom is -0.344 e. The quantitative estimate of drug-likeness (QED) is 0.857. The number of nitrogens with one attached hydrogen (secondary N) is 1. The Hall–Kier alpha value is -0.280. The Labute approximate surface area is 117 Å². The zero-order valence-electron chi connectivity index (χ0n) is 11.8. The summed E-state index contributed by atoms with van der Waals surface area (Å²) in [6.45, 7) is 5.18. The molecule has 0 bridgehead atoms. The number of nitrogens with zero attached hydrogens (tertiary/aromatic N) is 1. The lowest BCUT2D eigenvalue weighted by molar-refractivity contribution is -0.132. The lowest BCUT2D eigenvalue weighted by atomic mass is 9.85. The van der Waals surface area contributed by atoms with Crippen molar-refractivity contribution in [3.8, 4) is 0 Å². The minimum absolute atomic E-state index is 0. The van der Waals surface area contributed by atoms with Gasteiger partial charge < -0.3 is 10.2 Å². The zero-order valence-corrected chi connectivity index (χ0v) is 12.6. The van der Waals surface area contributed by atoms with Crippen molar-refractivity contribution in [2.24, 2.45) is 11.8 Å². The minimum atomic E-state index is 0. The Morgan fingerprint density at radius 2 is 2.00 bits per heavy atom. The van der Waals surface area contributed by atoms with E-state index in [2.05, 4.69) is 19.2 Å². The van der Waals surface area contributed by atoms with Crippen molar-refractivity contribution in [1.82, 2.24) is 10.2 Å². The molecule has 3 unspecified atom stereocenters. The highest BCUT2D eigenvalue weighted by molar-refractivity contribution is 5.85. The fourth-order valence-corrected chi connectivity index (χ4v) is 3.41. The van der Waals surface area contributed by atoms with Gasteiger partial charge in [-0.15, -0.1) is 12.4 Å². The van der Waals surface area contributed by atoms with Crippen LogP contribution in [0.15, 0.2) is 0 Å². The van der Waals surface area contributed by atoms with Gasteiger partial charge >= 0.3 is 0 Å². The molecule has 0 radical (unpaired) electrons. The summed E-state index contributed by atoms with van der Waals surface area (Å²) in [4.78, 5) is 14.2. The second kappa shape index (κ2) is 6.76.